The van der Waals surface area contributed by atoms with Crippen LogP contribution >= 0.6 is 0 Å². The van der Waals surface area contributed by atoms with Gasteiger partial charge in [0, 0.05) is 6.42 Å². The predicted octanol–water partition coefficient (Wildman–Crippen LogP) is 4.65. The van der Waals surface area contributed by atoms with Crippen LogP contribution in [0.4, 0.5) is 0 Å². The zero-order valence-electron chi connectivity index (χ0n) is 45.3. The van der Waals surface area contributed by atoms with Gasteiger partial charge in [-0.3, -0.25) is 43.2 Å². The summed E-state index contributed by atoms with van der Waals surface area (Å²) in [7, 11) is 0. The zero-order chi connectivity index (χ0) is 54.8. The maximum Gasteiger partial charge on any atom is 0.328 e. The van der Waals surface area contributed by atoms with Gasteiger partial charge in [-0.2, -0.15) is 0 Å². The van der Waals surface area contributed by atoms with Gasteiger partial charge in [0.25, 0.3) is 0 Å². The highest BCUT2D eigenvalue weighted by molar-refractivity contribution is 5.98. The maximum absolute atomic E-state index is 14.2. The molecule has 412 valence electrons. The first kappa shape index (κ1) is 64.7. The summed E-state index contributed by atoms with van der Waals surface area (Å²) >= 11 is 0. The maximum atomic E-state index is 14.2. The van der Waals surface area contributed by atoms with Crippen molar-refractivity contribution in [2.24, 2.45) is 35.5 Å². The van der Waals surface area contributed by atoms with Crippen LogP contribution in [0.15, 0.2) is 0 Å². The van der Waals surface area contributed by atoms with Crippen molar-refractivity contribution in [3.63, 3.8) is 0 Å². The van der Waals surface area contributed by atoms with E-state index in [1.165, 1.54) is 0 Å². The zero-order valence-corrected chi connectivity index (χ0v) is 45.3. The molecule has 8 atom stereocenters. The Morgan fingerprint density at radius 2 is 0.861 bits per heavy atom. The van der Waals surface area contributed by atoms with Gasteiger partial charge in [-0.1, -0.05) is 122 Å². The SMILES string of the molecule is CC(C)CCCCCCCCC1CC(=O)N[C@@H](CCC(=O)O)C(=O)N[C@@H](CC(C)C)C(=O)N[C@@H](CC(C)C)C(=O)N[C@@H](C(C)C)C(=O)N[C@@H](CC(=O)O)C(=O)N[C@@H](CC(C)C)C(=O)N[C@@H](CC(C)C)C(=O)O1. The van der Waals surface area contributed by atoms with Gasteiger partial charge >= 0.3 is 17.9 Å². The molecule has 9 N–H and O–H groups in total. The fraction of sp³-hybridized carbons (Fsp3) is 0.808. The van der Waals surface area contributed by atoms with Crippen LogP contribution in [0.3, 0.4) is 0 Å². The predicted molar refractivity (Wildman–Crippen MR) is 272 cm³/mol. The second-order valence-corrected chi connectivity index (χ2v) is 22.1. The quantitative estimate of drug-likeness (QED) is 0.0498. The molecule has 1 unspecified atom stereocenters. The van der Waals surface area contributed by atoms with Crippen LogP contribution in [0.25, 0.3) is 0 Å². The number of amides is 7. The molecular formula is C52H91N7O13. The van der Waals surface area contributed by atoms with Crippen LogP contribution in [0.5, 0.6) is 0 Å². The molecule has 0 spiro atoms. The smallest absolute Gasteiger partial charge is 0.328 e. The summed E-state index contributed by atoms with van der Waals surface area (Å²) in [5.74, 6) is -10.2. The van der Waals surface area contributed by atoms with Crippen molar-refractivity contribution < 1.29 is 62.9 Å². The van der Waals surface area contributed by atoms with E-state index in [1.54, 1.807) is 55.4 Å². The molecule has 0 aliphatic carbocycles. The van der Waals surface area contributed by atoms with Crippen molar-refractivity contribution in [1.29, 1.82) is 0 Å². The molecule has 1 aliphatic rings. The molecule has 7 amide bonds. The van der Waals surface area contributed by atoms with E-state index in [0.29, 0.717) is 12.3 Å². The Morgan fingerprint density at radius 1 is 0.458 bits per heavy atom. The molecule has 72 heavy (non-hydrogen) atoms. The Bertz CT molecular complexity index is 1790. The van der Waals surface area contributed by atoms with Gasteiger partial charge in [0.15, 0.2) is 0 Å². The first-order valence-corrected chi connectivity index (χ1v) is 26.3. The van der Waals surface area contributed by atoms with E-state index in [4.69, 9.17) is 4.74 Å². The largest absolute Gasteiger partial charge is 0.481 e. The number of ether oxygens (including phenoxy) is 1. The molecule has 0 aromatic rings. The molecule has 0 saturated carbocycles. The molecule has 1 fully saturated rings. The van der Waals surface area contributed by atoms with Gasteiger partial charge in [-0.25, -0.2) is 4.79 Å². The van der Waals surface area contributed by atoms with Crippen LogP contribution in [-0.2, 0) is 52.7 Å². The van der Waals surface area contributed by atoms with Gasteiger partial charge in [-0.15, -0.1) is 0 Å². The molecule has 1 saturated heterocycles. The lowest BCUT2D eigenvalue weighted by atomic mass is 9.98. The van der Waals surface area contributed by atoms with Crippen molar-refractivity contribution >= 4 is 59.3 Å². The molecular weight excluding hydrogens is 931 g/mol. The highest BCUT2D eigenvalue weighted by Crippen LogP contribution is 2.19. The Balaban J connectivity index is 3.98. The molecule has 20 heteroatoms. The van der Waals surface area contributed by atoms with Crippen molar-refractivity contribution in [3.8, 4) is 0 Å². The number of carbonyl (C=O) groups excluding carboxylic acids is 8. The molecule has 1 rings (SSSR count). The Morgan fingerprint density at radius 3 is 1.31 bits per heavy atom. The number of unbranched alkanes of at least 4 members (excludes halogenated alkanes) is 5. The van der Waals surface area contributed by atoms with Gasteiger partial charge in [-0.05, 0) is 80.5 Å². The van der Waals surface area contributed by atoms with Crippen molar-refractivity contribution in [2.75, 3.05) is 0 Å². The minimum atomic E-state index is -1.72. The summed E-state index contributed by atoms with van der Waals surface area (Å²) < 4.78 is 6.03. The van der Waals surface area contributed by atoms with Crippen molar-refractivity contribution in [2.45, 2.75) is 234 Å². The van der Waals surface area contributed by atoms with E-state index in [1.807, 2.05) is 13.8 Å². The summed E-state index contributed by atoms with van der Waals surface area (Å²) in [5, 5.41) is 37.9. The molecule has 0 radical (unpaired) electrons. The van der Waals surface area contributed by atoms with Crippen LogP contribution in [0, 0.1) is 35.5 Å². The highest BCUT2D eigenvalue weighted by atomic mass is 16.5. The highest BCUT2D eigenvalue weighted by Gasteiger charge is 2.37. The number of nitrogens with one attached hydrogen (secondary N) is 7. The number of rotatable bonds is 23. The fourth-order valence-corrected chi connectivity index (χ4v) is 8.40. The summed E-state index contributed by atoms with van der Waals surface area (Å²) in [4.78, 5) is 136. The van der Waals surface area contributed by atoms with Crippen LogP contribution in [0.2, 0.25) is 0 Å². The number of esters is 1. The number of carbonyl (C=O) groups is 10. The summed E-state index contributed by atoms with van der Waals surface area (Å²) in [6.07, 6.45) is 3.79. The minimum Gasteiger partial charge on any atom is -0.481 e. The van der Waals surface area contributed by atoms with Crippen molar-refractivity contribution in [3.05, 3.63) is 0 Å². The molecule has 1 heterocycles. The average molecular weight is 1020 g/mol. The van der Waals surface area contributed by atoms with E-state index in [2.05, 4.69) is 51.1 Å². The molecule has 0 bridgehead atoms. The molecule has 1 aliphatic heterocycles. The lowest BCUT2D eigenvalue weighted by Gasteiger charge is -2.29. The second kappa shape index (κ2) is 33.4. The summed E-state index contributed by atoms with van der Waals surface area (Å²) in [6.45, 7) is 22.0. The summed E-state index contributed by atoms with van der Waals surface area (Å²) in [5.41, 5.74) is 0. The minimum absolute atomic E-state index is 0.0390. The molecule has 0 aromatic carbocycles. The third kappa shape index (κ3) is 26.9. The molecule has 20 nitrogen and oxygen atoms in total. The van der Waals surface area contributed by atoms with E-state index < -0.39 is 133 Å². The number of carboxylic acids is 2. The van der Waals surface area contributed by atoms with Crippen molar-refractivity contribution in [1.82, 2.24) is 37.2 Å². The number of aliphatic carboxylic acids is 2. The van der Waals surface area contributed by atoms with E-state index in [-0.39, 0.29) is 62.2 Å². The van der Waals surface area contributed by atoms with E-state index in [9.17, 15) is 58.2 Å². The standard InChI is InChI=1S/C52H91N7O13/c1-29(2)19-17-15-13-14-16-18-20-35-27-42(60)53-36(21-22-43(61)62)46(65)54-37(23-30(3)4)47(66)56-39(25-32(7)8)50(69)59-45(34(11)12)51(70)57-40(28-44(63)64)49(68)55-38(24-31(5)6)48(67)58-41(26-33(9)10)52(71)72-35/h29-41,45H,13-28H2,1-12H3,(H,53,60)(H,54,65)(H,55,68)(H,56,66)(H,57,70)(H,58,67)(H,59,69)(H,61,62)(H,63,64)/t35?,36-,37-,38-,39-,40-,41-,45-/m0/s1. The Hall–Kier alpha value is -5.30. The van der Waals surface area contributed by atoms with E-state index in [0.717, 1.165) is 38.5 Å². The van der Waals surface area contributed by atoms with Crippen LogP contribution in [-0.4, -0.2) is 118 Å². The monoisotopic (exact) mass is 1020 g/mol. The fourth-order valence-electron chi connectivity index (χ4n) is 8.40. The van der Waals surface area contributed by atoms with Gasteiger partial charge < -0.3 is 52.2 Å². The topological polar surface area (TPSA) is 305 Å². The first-order valence-electron chi connectivity index (χ1n) is 26.3. The first-order chi connectivity index (χ1) is 33.6. The normalized spacial score (nSPS) is 24.2. The Labute approximate surface area is 428 Å². The lowest BCUT2D eigenvalue weighted by molar-refractivity contribution is -0.155. The van der Waals surface area contributed by atoms with Gasteiger partial charge in [0.1, 0.15) is 48.4 Å². The van der Waals surface area contributed by atoms with Crippen LogP contribution in [0.1, 0.15) is 186 Å². The number of hydrogen-bond acceptors (Lipinski definition) is 11. The number of hydrogen-bond donors (Lipinski definition) is 9. The second-order valence-electron chi connectivity index (χ2n) is 22.1. The van der Waals surface area contributed by atoms with Crippen LogP contribution < -0.4 is 37.2 Å². The van der Waals surface area contributed by atoms with Gasteiger partial charge in [0.05, 0.1) is 12.8 Å². The molecule has 0 aromatic heterocycles. The Kier molecular flexibility index (Phi) is 30.0. The third-order valence-electron chi connectivity index (χ3n) is 12.1. The average Bonchev–Trinajstić information content (AvgIpc) is 3.24. The third-order valence-corrected chi connectivity index (χ3v) is 12.1. The lowest BCUT2D eigenvalue weighted by Crippen LogP contribution is -2.61. The summed E-state index contributed by atoms with van der Waals surface area (Å²) in [6, 6.07) is -9.64. The van der Waals surface area contributed by atoms with E-state index >= 15 is 0 Å². The van der Waals surface area contributed by atoms with Gasteiger partial charge in [0.2, 0.25) is 41.4 Å². The number of carboxylic acid groups (broad SMARTS) is 2. The number of cyclic esters (lactones) is 1.